The highest BCUT2D eigenvalue weighted by Gasteiger charge is 2.18. The fourth-order valence-corrected chi connectivity index (χ4v) is 2.19. The molecular formula is C9H7N5OS. The first-order valence-electron chi connectivity index (χ1n) is 4.54. The van der Waals surface area contributed by atoms with Gasteiger partial charge in [0, 0.05) is 6.07 Å². The van der Waals surface area contributed by atoms with Gasteiger partial charge in [-0.25, -0.2) is 0 Å². The Labute approximate surface area is 95.4 Å². The van der Waals surface area contributed by atoms with Crippen LogP contribution in [0.25, 0.3) is 0 Å². The van der Waals surface area contributed by atoms with Crippen molar-refractivity contribution in [3.8, 4) is 5.88 Å². The summed E-state index contributed by atoms with van der Waals surface area (Å²) in [6, 6.07) is 1.80. The van der Waals surface area contributed by atoms with Crippen molar-refractivity contribution in [2.75, 3.05) is 12.4 Å². The average Bonchev–Trinajstić information content (AvgIpc) is 2.35. The SMILES string of the molecule is COc1cc2c(nn1)Sc1cnncc1N2. The van der Waals surface area contributed by atoms with Crippen LogP contribution < -0.4 is 10.1 Å². The van der Waals surface area contributed by atoms with E-state index in [1.54, 1.807) is 25.6 Å². The van der Waals surface area contributed by atoms with Crippen molar-refractivity contribution in [1.82, 2.24) is 20.4 Å². The lowest BCUT2D eigenvalue weighted by molar-refractivity contribution is 0.390. The summed E-state index contributed by atoms with van der Waals surface area (Å²) >= 11 is 1.51. The quantitative estimate of drug-likeness (QED) is 0.682. The van der Waals surface area contributed by atoms with Gasteiger partial charge in [0.1, 0.15) is 5.03 Å². The summed E-state index contributed by atoms with van der Waals surface area (Å²) < 4.78 is 5.02. The van der Waals surface area contributed by atoms with Crippen molar-refractivity contribution in [3.05, 3.63) is 18.5 Å². The lowest BCUT2D eigenvalue weighted by Crippen LogP contribution is -2.04. The molecule has 0 aliphatic carbocycles. The summed E-state index contributed by atoms with van der Waals surface area (Å²) in [5.74, 6) is 0.484. The lowest BCUT2D eigenvalue weighted by atomic mass is 10.4. The van der Waals surface area contributed by atoms with Crippen LogP contribution in [0.1, 0.15) is 0 Å². The fourth-order valence-electron chi connectivity index (χ4n) is 1.36. The van der Waals surface area contributed by atoms with Gasteiger partial charge in [-0.2, -0.15) is 10.2 Å². The van der Waals surface area contributed by atoms with Gasteiger partial charge in [-0.3, -0.25) is 0 Å². The van der Waals surface area contributed by atoms with Crippen LogP contribution in [0.3, 0.4) is 0 Å². The van der Waals surface area contributed by atoms with Gasteiger partial charge >= 0.3 is 0 Å². The van der Waals surface area contributed by atoms with E-state index in [2.05, 4.69) is 25.7 Å². The van der Waals surface area contributed by atoms with Gasteiger partial charge in [0.2, 0.25) is 5.88 Å². The molecule has 0 atom stereocenters. The number of fused-ring (bicyclic) bond motifs is 2. The molecular weight excluding hydrogens is 226 g/mol. The number of hydrogen-bond acceptors (Lipinski definition) is 7. The van der Waals surface area contributed by atoms with Crippen molar-refractivity contribution >= 4 is 23.1 Å². The molecule has 0 amide bonds. The van der Waals surface area contributed by atoms with Crippen LogP contribution in [0, 0.1) is 0 Å². The molecule has 7 heteroatoms. The first-order chi connectivity index (χ1) is 7.86. The third-order valence-corrected chi connectivity index (χ3v) is 3.16. The molecule has 1 aliphatic rings. The zero-order valence-electron chi connectivity index (χ0n) is 8.34. The molecule has 0 saturated carbocycles. The lowest BCUT2D eigenvalue weighted by Gasteiger charge is -2.18. The number of rotatable bonds is 1. The summed E-state index contributed by atoms with van der Waals surface area (Å²) in [7, 11) is 1.56. The van der Waals surface area contributed by atoms with E-state index in [1.165, 1.54) is 11.8 Å². The summed E-state index contributed by atoms with van der Waals surface area (Å²) in [5.41, 5.74) is 1.79. The maximum Gasteiger partial charge on any atom is 0.235 e. The van der Waals surface area contributed by atoms with Crippen LogP contribution in [0.15, 0.2) is 28.4 Å². The molecule has 1 N–H and O–H groups in total. The number of nitrogens with zero attached hydrogens (tertiary/aromatic N) is 4. The number of nitrogens with one attached hydrogen (secondary N) is 1. The van der Waals surface area contributed by atoms with E-state index in [-0.39, 0.29) is 0 Å². The molecule has 1 aliphatic heterocycles. The molecule has 3 heterocycles. The van der Waals surface area contributed by atoms with Crippen LogP contribution in [0.5, 0.6) is 5.88 Å². The van der Waals surface area contributed by atoms with Crippen LogP contribution >= 0.6 is 11.8 Å². The first kappa shape index (κ1) is 9.34. The third kappa shape index (κ3) is 1.45. The number of anilines is 2. The highest BCUT2D eigenvalue weighted by atomic mass is 32.2. The molecule has 80 valence electrons. The van der Waals surface area contributed by atoms with Crippen molar-refractivity contribution in [3.63, 3.8) is 0 Å². The van der Waals surface area contributed by atoms with E-state index in [0.717, 1.165) is 21.3 Å². The second-order valence-electron chi connectivity index (χ2n) is 3.10. The largest absolute Gasteiger partial charge is 0.480 e. The minimum atomic E-state index is 0.484. The van der Waals surface area contributed by atoms with E-state index < -0.39 is 0 Å². The van der Waals surface area contributed by atoms with Gasteiger partial charge < -0.3 is 10.1 Å². The van der Waals surface area contributed by atoms with Gasteiger partial charge in [0.05, 0.1) is 35.8 Å². The Hall–Kier alpha value is -1.89. The predicted octanol–water partition coefficient (Wildman–Crippen LogP) is 1.48. The molecule has 3 rings (SSSR count). The minimum absolute atomic E-state index is 0.484. The highest BCUT2D eigenvalue weighted by Crippen LogP contribution is 2.42. The Kier molecular flexibility index (Phi) is 2.10. The normalized spacial score (nSPS) is 12.3. The summed E-state index contributed by atoms with van der Waals surface area (Å²) in [5, 5.41) is 19.6. The standard InChI is InChI=1S/C9H7N5OS/c1-15-8-2-5-9(14-13-8)16-7-4-11-10-3-6(7)12-5/h2-4,12H,1H3. The number of aromatic nitrogens is 4. The predicted molar refractivity (Wildman–Crippen MR) is 58.0 cm³/mol. The van der Waals surface area contributed by atoms with Gasteiger partial charge in [-0.15, -0.1) is 10.2 Å². The van der Waals surface area contributed by atoms with Gasteiger partial charge in [-0.05, 0) is 0 Å². The number of ether oxygens (including phenoxy) is 1. The fraction of sp³-hybridized carbons (Fsp3) is 0.111. The molecule has 0 aromatic carbocycles. The molecule has 0 spiro atoms. The van der Waals surface area contributed by atoms with E-state index in [0.29, 0.717) is 5.88 Å². The molecule has 0 bridgehead atoms. The van der Waals surface area contributed by atoms with Crippen molar-refractivity contribution in [2.45, 2.75) is 9.92 Å². The van der Waals surface area contributed by atoms with Crippen molar-refractivity contribution in [2.24, 2.45) is 0 Å². The Morgan fingerprint density at radius 2 is 2.06 bits per heavy atom. The van der Waals surface area contributed by atoms with Crippen molar-refractivity contribution in [1.29, 1.82) is 0 Å². The average molecular weight is 233 g/mol. The Balaban J connectivity index is 2.05. The van der Waals surface area contributed by atoms with E-state index >= 15 is 0 Å². The molecule has 0 fully saturated rings. The minimum Gasteiger partial charge on any atom is -0.480 e. The molecule has 6 nitrogen and oxygen atoms in total. The van der Waals surface area contributed by atoms with Gasteiger partial charge in [-0.1, -0.05) is 11.8 Å². The van der Waals surface area contributed by atoms with Gasteiger partial charge in [0.15, 0.2) is 0 Å². The highest BCUT2D eigenvalue weighted by molar-refractivity contribution is 7.99. The summed E-state index contributed by atoms with van der Waals surface area (Å²) in [6.45, 7) is 0. The summed E-state index contributed by atoms with van der Waals surface area (Å²) in [4.78, 5) is 0.988. The van der Waals surface area contributed by atoms with E-state index in [9.17, 15) is 0 Å². The Morgan fingerprint density at radius 1 is 1.19 bits per heavy atom. The molecule has 16 heavy (non-hydrogen) atoms. The zero-order chi connectivity index (χ0) is 11.0. The first-order valence-corrected chi connectivity index (χ1v) is 5.36. The van der Waals surface area contributed by atoms with Crippen LogP contribution in [0.4, 0.5) is 11.4 Å². The molecule has 2 aromatic heterocycles. The van der Waals surface area contributed by atoms with Crippen LogP contribution in [0.2, 0.25) is 0 Å². The van der Waals surface area contributed by atoms with Crippen LogP contribution in [-0.2, 0) is 0 Å². The van der Waals surface area contributed by atoms with Crippen LogP contribution in [-0.4, -0.2) is 27.5 Å². The molecule has 0 radical (unpaired) electrons. The number of hydrogen-bond donors (Lipinski definition) is 1. The maximum absolute atomic E-state index is 5.02. The molecule has 0 saturated heterocycles. The molecule has 2 aromatic rings. The topological polar surface area (TPSA) is 72.8 Å². The summed E-state index contributed by atoms with van der Waals surface area (Å²) in [6.07, 6.45) is 3.38. The second-order valence-corrected chi connectivity index (χ2v) is 4.13. The number of methoxy groups -OCH3 is 1. The third-order valence-electron chi connectivity index (χ3n) is 2.12. The van der Waals surface area contributed by atoms with E-state index in [4.69, 9.17) is 4.74 Å². The Bertz CT molecular complexity index is 547. The molecule has 0 unspecified atom stereocenters. The smallest absolute Gasteiger partial charge is 0.235 e. The van der Waals surface area contributed by atoms with E-state index in [1.807, 2.05) is 0 Å². The van der Waals surface area contributed by atoms with Crippen molar-refractivity contribution < 1.29 is 4.74 Å². The second kappa shape index (κ2) is 3.60. The van der Waals surface area contributed by atoms with Gasteiger partial charge in [0.25, 0.3) is 0 Å². The maximum atomic E-state index is 5.02. The monoisotopic (exact) mass is 233 g/mol. The Morgan fingerprint density at radius 3 is 2.94 bits per heavy atom. The zero-order valence-corrected chi connectivity index (χ0v) is 9.15.